The molecule has 1 N–H and O–H groups in total. The number of aliphatic imine (C=N–C) groups is 1. The molecule has 66 valence electrons. The van der Waals surface area contributed by atoms with Gasteiger partial charge in [0.1, 0.15) is 0 Å². The Labute approximate surface area is 75.3 Å². The zero-order chi connectivity index (χ0) is 9.19. The molecule has 0 saturated carbocycles. The van der Waals surface area contributed by atoms with E-state index in [1.54, 1.807) is 13.0 Å². The molecular formula is C7H9ClN2O2. The van der Waals surface area contributed by atoms with Crippen molar-refractivity contribution in [3.8, 4) is 0 Å². The number of esters is 1. The highest BCUT2D eigenvalue weighted by atomic mass is 35.5. The van der Waals surface area contributed by atoms with Crippen LogP contribution in [0.1, 0.15) is 6.92 Å². The highest BCUT2D eigenvalue weighted by Gasteiger charge is 2.37. The molecule has 0 fully saturated rings. The van der Waals surface area contributed by atoms with Gasteiger partial charge in [-0.3, -0.25) is 0 Å². The van der Waals surface area contributed by atoms with E-state index in [1.807, 2.05) is 0 Å². The largest absolute Gasteiger partial charge is 0.465 e. The van der Waals surface area contributed by atoms with Gasteiger partial charge in [-0.05, 0) is 13.0 Å². The molecule has 5 heteroatoms. The van der Waals surface area contributed by atoms with Crippen LogP contribution in [0.3, 0.4) is 0 Å². The van der Waals surface area contributed by atoms with Crippen molar-refractivity contribution in [2.24, 2.45) is 4.99 Å². The smallest absolute Gasteiger partial charge is 0.371 e. The number of rotatable bonds is 1. The maximum atomic E-state index is 11.1. The van der Waals surface area contributed by atoms with E-state index in [0.717, 1.165) is 5.70 Å². The summed E-state index contributed by atoms with van der Waals surface area (Å²) in [5, 5.41) is 1.22. The monoisotopic (exact) mass is 188 g/mol. The molecule has 0 aromatic carbocycles. The van der Waals surface area contributed by atoms with Crippen LogP contribution in [0.25, 0.3) is 0 Å². The third kappa shape index (κ3) is 1.58. The van der Waals surface area contributed by atoms with Crippen molar-refractivity contribution in [1.82, 2.24) is 5.32 Å². The third-order valence-corrected chi connectivity index (χ3v) is 1.74. The fraction of sp³-hybridized carbons (Fsp3) is 0.429. The molecule has 1 aliphatic rings. The number of halogens is 1. The van der Waals surface area contributed by atoms with Crippen LogP contribution in [0.2, 0.25) is 0 Å². The Morgan fingerprint density at radius 3 is 3.00 bits per heavy atom. The first-order valence-corrected chi connectivity index (χ1v) is 3.74. The number of ether oxygens (including phenoxy) is 1. The summed E-state index contributed by atoms with van der Waals surface area (Å²) in [7, 11) is 1.26. The summed E-state index contributed by atoms with van der Waals surface area (Å²) in [6.45, 7) is 1.78. The van der Waals surface area contributed by atoms with Gasteiger partial charge in [-0.1, -0.05) is 11.6 Å². The van der Waals surface area contributed by atoms with Gasteiger partial charge in [-0.25, -0.2) is 9.79 Å². The minimum atomic E-state index is -1.48. The Kier molecular flexibility index (Phi) is 2.38. The minimum absolute atomic E-state index is 0.618. The summed E-state index contributed by atoms with van der Waals surface area (Å²) in [5.41, 5.74) is 0.769. The van der Waals surface area contributed by atoms with Crippen molar-refractivity contribution in [1.29, 1.82) is 0 Å². The Balaban J connectivity index is 2.82. The molecule has 0 saturated heterocycles. The van der Waals surface area contributed by atoms with Crippen molar-refractivity contribution in [2.75, 3.05) is 7.11 Å². The van der Waals surface area contributed by atoms with Gasteiger partial charge < -0.3 is 10.1 Å². The second-order valence-corrected chi connectivity index (χ2v) is 2.91. The first-order valence-electron chi connectivity index (χ1n) is 3.36. The maximum Gasteiger partial charge on any atom is 0.371 e. The van der Waals surface area contributed by atoms with Gasteiger partial charge in [0.05, 0.1) is 7.11 Å². The van der Waals surface area contributed by atoms with Gasteiger partial charge in [0.25, 0.3) is 0 Å². The van der Waals surface area contributed by atoms with Crippen LogP contribution in [0, 0.1) is 0 Å². The van der Waals surface area contributed by atoms with Crippen LogP contribution in [-0.4, -0.2) is 24.4 Å². The Morgan fingerprint density at radius 2 is 2.50 bits per heavy atom. The molecule has 12 heavy (non-hydrogen) atoms. The third-order valence-electron chi connectivity index (χ3n) is 1.40. The van der Waals surface area contributed by atoms with Crippen LogP contribution in [0.4, 0.5) is 0 Å². The van der Waals surface area contributed by atoms with Crippen molar-refractivity contribution < 1.29 is 9.53 Å². The normalized spacial score (nSPS) is 27.4. The van der Waals surface area contributed by atoms with Crippen molar-refractivity contribution in [3.05, 3.63) is 11.8 Å². The molecule has 0 radical (unpaired) electrons. The fourth-order valence-corrected chi connectivity index (χ4v) is 1.11. The first kappa shape index (κ1) is 9.06. The molecule has 1 aliphatic heterocycles. The van der Waals surface area contributed by atoms with Gasteiger partial charge in [-0.2, -0.15) is 0 Å². The fourth-order valence-electron chi connectivity index (χ4n) is 0.826. The van der Waals surface area contributed by atoms with Gasteiger partial charge in [0, 0.05) is 11.9 Å². The molecule has 0 spiro atoms. The van der Waals surface area contributed by atoms with Crippen molar-refractivity contribution in [3.63, 3.8) is 0 Å². The topological polar surface area (TPSA) is 50.7 Å². The minimum Gasteiger partial charge on any atom is -0.465 e. The van der Waals surface area contributed by atoms with Crippen LogP contribution in [-0.2, 0) is 9.53 Å². The Morgan fingerprint density at radius 1 is 1.83 bits per heavy atom. The van der Waals surface area contributed by atoms with E-state index in [1.165, 1.54) is 13.3 Å². The molecule has 4 nitrogen and oxygen atoms in total. The molecule has 0 aromatic rings. The highest BCUT2D eigenvalue weighted by molar-refractivity contribution is 6.34. The SMILES string of the molecule is COC(=O)C1(Cl)N=CC=C(C)N1. The van der Waals surface area contributed by atoms with Gasteiger partial charge >= 0.3 is 11.1 Å². The molecule has 0 aromatic heterocycles. The van der Waals surface area contributed by atoms with Gasteiger partial charge in [-0.15, -0.1) is 0 Å². The van der Waals surface area contributed by atoms with E-state index >= 15 is 0 Å². The van der Waals surface area contributed by atoms with E-state index in [4.69, 9.17) is 11.6 Å². The number of alkyl halides is 1. The Hall–Kier alpha value is -1.03. The van der Waals surface area contributed by atoms with E-state index in [0.29, 0.717) is 0 Å². The summed E-state index contributed by atoms with van der Waals surface area (Å²) in [6, 6.07) is 0. The number of carbonyl (C=O) groups is 1. The van der Waals surface area contributed by atoms with Crippen molar-refractivity contribution in [2.45, 2.75) is 12.0 Å². The molecule has 1 atom stereocenters. The standard InChI is InChI=1S/C7H9ClN2O2/c1-5-3-4-9-7(8,10-5)6(11)12-2/h3-4,10H,1-2H3. The summed E-state index contributed by atoms with van der Waals surface area (Å²) in [4.78, 5) is 14.8. The lowest BCUT2D eigenvalue weighted by atomic mass is 10.3. The van der Waals surface area contributed by atoms with E-state index < -0.39 is 11.1 Å². The predicted octanol–water partition coefficient (Wildman–Crippen LogP) is 0.630. The van der Waals surface area contributed by atoms with Crippen LogP contribution in [0.5, 0.6) is 0 Å². The Bertz CT molecular complexity index is 262. The average molecular weight is 189 g/mol. The molecule has 1 unspecified atom stereocenters. The van der Waals surface area contributed by atoms with Crippen LogP contribution in [0.15, 0.2) is 16.8 Å². The summed E-state index contributed by atoms with van der Waals surface area (Å²) >= 11 is 5.80. The lowest BCUT2D eigenvalue weighted by molar-refractivity contribution is -0.144. The van der Waals surface area contributed by atoms with Gasteiger partial charge in [0.2, 0.25) is 0 Å². The molecule has 0 aliphatic carbocycles. The number of allylic oxidation sites excluding steroid dienone is 2. The first-order chi connectivity index (χ1) is 5.58. The quantitative estimate of drug-likeness (QED) is 0.373. The zero-order valence-corrected chi connectivity index (χ0v) is 7.55. The van der Waals surface area contributed by atoms with Crippen LogP contribution < -0.4 is 5.32 Å². The second-order valence-electron chi connectivity index (χ2n) is 2.37. The number of nitrogens with zero attached hydrogens (tertiary/aromatic N) is 1. The number of nitrogens with one attached hydrogen (secondary N) is 1. The maximum absolute atomic E-state index is 11.1. The number of carbonyl (C=O) groups excluding carboxylic acids is 1. The molecular weight excluding hydrogens is 180 g/mol. The van der Waals surface area contributed by atoms with Gasteiger partial charge in [0.15, 0.2) is 0 Å². The molecule has 1 rings (SSSR count). The van der Waals surface area contributed by atoms with E-state index in [9.17, 15) is 4.79 Å². The molecule has 0 bridgehead atoms. The number of methoxy groups -OCH3 is 1. The predicted molar refractivity (Wildman–Crippen MR) is 46.0 cm³/mol. The van der Waals surface area contributed by atoms with E-state index in [-0.39, 0.29) is 0 Å². The molecule has 0 amide bonds. The summed E-state index contributed by atoms with van der Waals surface area (Å²) in [6.07, 6.45) is 3.18. The lowest BCUT2D eigenvalue weighted by Crippen LogP contribution is -2.46. The lowest BCUT2D eigenvalue weighted by Gasteiger charge is -2.24. The number of hydrogen-bond donors (Lipinski definition) is 1. The average Bonchev–Trinajstić information content (AvgIpc) is 2.02. The second kappa shape index (κ2) is 3.15. The molecule has 1 heterocycles. The summed E-state index contributed by atoms with van der Waals surface area (Å²) < 4.78 is 4.47. The van der Waals surface area contributed by atoms with E-state index in [2.05, 4.69) is 15.0 Å². The van der Waals surface area contributed by atoms with Crippen molar-refractivity contribution >= 4 is 23.8 Å². The highest BCUT2D eigenvalue weighted by Crippen LogP contribution is 2.18. The number of hydrogen-bond acceptors (Lipinski definition) is 4. The summed E-state index contributed by atoms with van der Waals surface area (Å²) in [5.74, 6) is -0.618. The van der Waals surface area contributed by atoms with Crippen LogP contribution >= 0.6 is 11.6 Å². The zero-order valence-electron chi connectivity index (χ0n) is 6.80.